The SMILES string of the molecule is CNCCCS([NH])(=O)=O. The van der Waals surface area contributed by atoms with Gasteiger partial charge < -0.3 is 5.32 Å². The molecule has 0 saturated heterocycles. The molecule has 4 nitrogen and oxygen atoms in total. The molecule has 9 heavy (non-hydrogen) atoms. The summed E-state index contributed by atoms with van der Waals surface area (Å²) >= 11 is 0. The second-order valence-electron chi connectivity index (χ2n) is 1.78. The van der Waals surface area contributed by atoms with Crippen LogP contribution in [0.4, 0.5) is 0 Å². The highest BCUT2D eigenvalue weighted by atomic mass is 32.2. The largest absolute Gasteiger partial charge is 0.320 e. The topological polar surface area (TPSA) is 70.0 Å². The first kappa shape index (κ1) is 8.87. The van der Waals surface area contributed by atoms with Crippen LogP contribution in [-0.2, 0) is 10.0 Å². The zero-order valence-corrected chi connectivity index (χ0v) is 6.16. The molecular formula is C4H11N2O2S. The monoisotopic (exact) mass is 151 g/mol. The van der Waals surface area contributed by atoms with E-state index in [1.165, 1.54) is 0 Å². The van der Waals surface area contributed by atoms with E-state index in [4.69, 9.17) is 5.14 Å². The highest BCUT2D eigenvalue weighted by Gasteiger charge is 2.00. The standard InChI is InChI=1S/C4H11N2O2S/c1-6-3-2-4-9(5,7)8/h5-6H,2-4H2,1H3. The molecule has 0 saturated carbocycles. The zero-order chi connectivity index (χ0) is 7.33. The molecule has 0 aliphatic heterocycles. The second-order valence-corrected chi connectivity index (χ2v) is 3.41. The van der Waals surface area contributed by atoms with E-state index in [9.17, 15) is 8.42 Å². The van der Waals surface area contributed by atoms with Crippen LogP contribution in [0.25, 0.3) is 0 Å². The van der Waals surface area contributed by atoms with Gasteiger partial charge >= 0.3 is 0 Å². The number of sulfonamides is 1. The van der Waals surface area contributed by atoms with Gasteiger partial charge in [0.1, 0.15) is 0 Å². The predicted octanol–water partition coefficient (Wildman–Crippen LogP) is -0.791. The summed E-state index contributed by atoms with van der Waals surface area (Å²) in [4.78, 5) is 0. The molecule has 0 aliphatic carbocycles. The van der Waals surface area contributed by atoms with Gasteiger partial charge in [0.25, 0.3) is 0 Å². The molecule has 0 bridgehead atoms. The summed E-state index contributed by atoms with van der Waals surface area (Å²) in [6.45, 7) is 0.651. The second kappa shape index (κ2) is 3.81. The summed E-state index contributed by atoms with van der Waals surface area (Å²) in [5.41, 5.74) is 0. The molecule has 0 fully saturated rings. The predicted molar refractivity (Wildman–Crippen MR) is 35.4 cm³/mol. The molecule has 0 heterocycles. The van der Waals surface area contributed by atoms with Crippen molar-refractivity contribution in [3.05, 3.63) is 0 Å². The van der Waals surface area contributed by atoms with Crippen LogP contribution >= 0.6 is 0 Å². The van der Waals surface area contributed by atoms with E-state index in [1.54, 1.807) is 7.05 Å². The molecule has 0 unspecified atom stereocenters. The van der Waals surface area contributed by atoms with Crippen molar-refractivity contribution in [1.29, 1.82) is 0 Å². The van der Waals surface area contributed by atoms with Crippen molar-refractivity contribution in [2.75, 3.05) is 19.3 Å². The molecule has 0 atom stereocenters. The van der Waals surface area contributed by atoms with E-state index in [0.717, 1.165) is 0 Å². The average Bonchev–Trinajstić information content (AvgIpc) is 1.63. The van der Waals surface area contributed by atoms with E-state index in [1.807, 2.05) is 0 Å². The zero-order valence-electron chi connectivity index (χ0n) is 5.35. The lowest BCUT2D eigenvalue weighted by molar-refractivity contribution is 0.592. The van der Waals surface area contributed by atoms with Crippen molar-refractivity contribution in [3.8, 4) is 0 Å². The first-order valence-electron chi connectivity index (χ1n) is 2.68. The molecule has 2 N–H and O–H groups in total. The number of hydrogen-bond donors (Lipinski definition) is 1. The number of rotatable bonds is 4. The molecule has 0 aromatic carbocycles. The molecule has 0 rings (SSSR count). The summed E-state index contributed by atoms with van der Waals surface area (Å²) in [6.07, 6.45) is 0.516. The Balaban J connectivity index is 3.30. The smallest absolute Gasteiger partial charge is 0.225 e. The highest BCUT2D eigenvalue weighted by molar-refractivity contribution is 7.88. The lowest BCUT2D eigenvalue weighted by Crippen LogP contribution is -2.14. The number of hydrogen-bond acceptors (Lipinski definition) is 3. The van der Waals surface area contributed by atoms with Crippen LogP contribution in [0.5, 0.6) is 0 Å². The van der Waals surface area contributed by atoms with Crippen LogP contribution in [-0.4, -0.2) is 27.8 Å². The van der Waals surface area contributed by atoms with E-state index in [2.05, 4.69) is 5.32 Å². The minimum Gasteiger partial charge on any atom is -0.320 e. The Bertz CT molecular complexity index is 152. The van der Waals surface area contributed by atoms with E-state index < -0.39 is 10.0 Å². The molecule has 1 radical (unpaired) electrons. The molecule has 5 heteroatoms. The van der Waals surface area contributed by atoms with Gasteiger partial charge in [-0.2, -0.15) is 0 Å². The summed E-state index contributed by atoms with van der Waals surface area (Å²) in [6, 6.07) is 0. The Morgan fingerprint density at radius 1 is 1.56 bits per heavy atom. The normalized spacial score (nSPS) is 11.8. The van der Waals surface area contributed by atoms with Crippen LogP contribution in [0.15, 0.2) is 0 Å². The lowest BCUT2D eigenvalue weighted by Gasteiger charge is -1.94. The molecule has 0 spiro atoms. The van der Waals surface area contributed by atoms with Gasteiger partial charge in [0.05, 0.1) is 5.75 Å². The van der Waals surface area contributed by atoms with Gasteiger partial charge in [-0.1, -0.05) is 0 Å². The van der Waals surface area contributed by atoms with Crippen LogP contribution in [0.3, 0.4) is 0 Å². The van der Waals surface area contributed by atoms with Crippen LogP contribution in [0.1, 0.15) is 6.42 Å². The van der Waals surface area contributed by atoms with Gasteiger partial charge in [-0.25, -0.2) is 8.42 Å². The van der Waals surface area contributed by atoms with Crippen LogP contribution < -0.4 is 10.5 Å². The van der Waals surface area contributed by atoms with Gasteiger partial charge in [0.15, 0.2) is 0 Å². The van der Waals surface area contributed by atoms with E-state index in [0.29, 0.717) is 13.0 Å². The van der Waals surface area contributed by atoms with Crippen LogP contribution in [0, 0.1) is 0 Å². The third-order valence-electron chi connectivity index (χ3n) is 0.840. The van der Waals surface area contributed by atoms with Gasteiger partial charge in [0.2, 0.25) is 10.0 Å². The van der Waals surface area contributed by atoms with Crippen molar-refractivity contribution in [3.63, 3.8) is 0 Å². The first-order valence-corrected chi connectivity index (χ1v) is 4.33. The maximum absolute atomic E-state index is 10.1. The van der Waals surface area contributed by atoms with E-state index in [-0.39, 0.29) is 5.75 Å². The quantitative estimate of drug-likeness (QED) is 0.535. The Hall–Kier alpha value is -0.130. The Labute approximate surface area is 55.5 Å². The molecule has 0 aromatic rings. The molecule has 55 valence electrons. The van der Waals surface area contributed by atoms with Crippen LogP contribution in [0.2, 0.25) is 0 Å². The van der Waals surface area contributed by atoms with Crippen molar-refractivity contribution < 1.29 is 8.42 Å². The maximum atomic E-state index is 10.1. The fourth-order valence-corrected chi connectivity index (χ4v) is 0.963. The van der Waals surface area contributed by atoms with Gasteiger partial charge in [-0.3, -0.25) is 0 Å². The fourth-order valence-electron chi connectivity index (χ4n) is 0.439. The summed E-state index contributed by atoms with van der Waals surface area (Å²) in [5.74, 6) is -0.0478. The summed E-state index contributed by atoms with van der Waals surface area (Å²) in [5, 5.41) is 9.25. The molecule has 0 aromatic heterocycles. The summed E-state index contributed by atoms with van der Waals surface area (Å²) in [7, 11) is -1.74. The van der Waals surface area contributed by atoms with Crippen molar-refractivity contribution in [2.24, 2.45) is 0 Å². The van der Waals surface area contributed by atoms with Crippen molar-refractivity contribution in [2.45, 2.75) is 6.42 Å². The molecule has 0 amide bonds. The van der Waals surface area contributed by atoms with E-state index >= 15 is 0 Å². The Morgan fingerprint density at radius 3 is 2.44 bits per heavy atom. The molecule has 0 aliphatic rings. The lowest BCUT2D eigenvalue weighted by atomic mass is 10.5. The number of nitrogens with one attached hydrogen (secondary N) is 2. The van der Waals surface area contributed by atoms with Gasteiger partial charge in [0, 0.05) is 0 Å². The minimum absolute atomic E-state index is 0.0478. The third kappa shape index (κ3) is 7.87. The highest BCUT2D eigenvalue weighted by Crippen LogP contribution is 1.83. The first-order chi connectivity index (χ1) is 4.06. The summed E-state index contributed by atoms with van der Waals surface area (Å²) < 4.78 is 20.3. The Kier molecular flexibility index (Phi) is 3.76. The Morgan fingerprint density at radius 2 is 2.11 bits per heavy atom. The average molecular weight is 151 g/mol. The fraction of sp³-hybridized carbons (Fsp3) is 1.00. The van der Waals surface area contributed by atoms with Gasteiger partial charge in [-0.05, 0) is 20.0 Å². The van der Waals surface area contributed by atoms with Crippen molar-refractivity contribution in [1.82, 2.24) is 10.5 Å². The molecular weight excluding hydrogens is 140 g/mol. The minimum atomic E-state index is -3.49. The van der Waals surface area contributed by atoms with Crippen molar-refractivity contribution >= 4 is 10.0 Å². The van der Waals surface area contributed by atoms with Gasteiger partial charge in [-0.15, -0.1) is 5.14 Å². The maximum Gasteiger partial charge on any atom is 0.225 e. The third-order valence-corrected chi connectivity index (χ3v) is 1.67.